The van der Waals surface area contributed by atoms with Gasteiger partial charge in [-0.3, -0.25) is 13.6 Å². The summed E-state index contributed by atoms with van der Waals surface area (Å²) in [7, 11) is 0. The minimum absolute atomic E-state index is 0.216. The van der Waals surface area contributed by atoms with Crippen molar-refractivity contribution < 1.29 is 18.7 Å². The minimum atomic E-state index is -0.677. The van der Waals surface area contributed by atoms with Crippen LogP contribution in [0, 0.1) is 5.82 Å². The van der Waals surface area contributed by atoms with E-state index >= 15 is 0 Å². The molecule has 1 aromatic carbocycles. The highest BCUT2D eigenvalue weighted by Gasteiger charge is 2.38. The maximum atomic E-state index is 13.0. The lowest BCUT2D eigenvalue weighted by molar-refractivity contribution is -0.134. The molecule has 1 aliphatic heterocycles. The van der Waals surface area contributed by atoms with Crippen LogP contribution in [0.15, 0.2) is 24.3 Å². The van der Waals surface area contributed by atoms with Gasteiger partial charge in [-0.05, 0) is 38.5 Å². The summed E-state index contributed by atoms with van der Waals surface area (Å²) in [6, 6.07) is 5.23. The average Bonchev–Trinajstić information content (AvgIpc) is 2.44. The van der Waals surface area contributed by atoms with Crippen LogP contribution >= 0.6 is 16.1 Å². The fourth-order valence-corrected chi connectivity index (χ4v) is 2.73. The van der Waals surface area contributed by atoms with E-state index < -0.39 is 17.7 Å². The molecule has 7 heteroatoms. The molecule has 0 bridgehead atoms. The van der Waals surface area contributed by atoms with Crippen LogP contribution in [0.5, 0.6) is 0 Å². The van der Waals surface area contributed by atoms with E-state index in [9.17, 15) is 14.0 Å². The highest BCUT2D eigenvalue weighted by Crippen LogP contribution is 2.21. The Kier molecular flexibility index (Phi) is 5.29. The second-order valence-electron chi connectivity index (χ2n) is 6.44. The van der Waals surface area contributed by atoms with E-state index in [2.05, 4.69) is 16.1 Å². The van der Waals surface area contributed by atoms with Gasteiger partial charge in [0.1, 0.15) is 17.5 Å². The molecule has 0 aromatic heterocycles. The first kappa shape index (κ1) is 17.7. The maximum Gasteiger partial charge on any atom is 0.411 e. The van der Waals surface area contributed by atoms with Crippen molar-refractivity contribution in [2.45, 2.75) is 38.8 Å². The first-order valence-electron chi connectivity index (χ1n) is 7.38. The van der Waals surface area contributed by atoms with Gasteiger partial charge >= 0.3 is 6.09 Å². The number of halogens is 2. The van der Waals surface area contributed by atoms with Crippen molar-refractivity contribution in [3.8, 4) is 0 Å². The van der Waals surface area contributed by atoms with Crippen molar-refractivity contribution >= 4 is 28.1 Å². The molecule has 0 spiro atoms. The molecule has 126 valence electrons. The van der Waals surface area contributed by atoms with Crippen molar-refractivity contribution in [2.24, 2.45) is 0 Å². The number of rotatable bonds is 2. The van der Waals surface area contributed by atoms with Crippen LogP contribution in [0.1, 0.15) is 26.3 Å². The predicted molar refractivity (Wildman–Crippen MR) is 87.5 cm³/mol. The van der Waals surface area contributed by atoms with Crippen molar-refractivity contribution in [2.75, 3.05) is 13.1 Å². The van der Waals surface area contributed by atoms with E-state index in [1.54, 1.807) is 32.9 Å². The molecule has 1 unspecified atom stereocenters. The first-order chi connectivity index (χ1) is 10.7. The van der Waals surface area contributed by atoms with Gasteiger partial charge in [0.05, 0.1) is 22.7 Å². The number of ether oxygens (including phenoxy) is 1. The average molecular weight is 387 g/mol. The van der Waals surface area contributed by atoms with Crippen molar-refractivity contribution in [3.05, 3.63) is 35.6 Å². The summed E-state index contributed by atoms with van der Waals surface area (Å²) < 4.78 is 19.8. The Labute approximate surface area is 143 Å². The molecular weight excluding hydrogens is 367 g/mol. The Hall–Kier alpha value is -1.63. The molecule has 2 rings (SSSR count). The third-order valence-electron chi connectivity index (χ3n) is 3.41. The van der Waals surface area contributed by atoms with Gasteiger partial charge in [-0.2, -0.15) is 0 Å². The zero-order valence-corrected chi connectivity index (χ0v) is 15.0. The van der Waals surface area contributed by atoms with Crippen LogP contribution in [-0.4, -0.2) is 45.6 Å². The largest absolute Gasteiger partial charge is 0.444 e. The summed E-state index contributed by atoms with van der Waals surface area (Å²) in [5.74, 6) is -0.554. The topological polar surface area (TPSA) is 49.9 Å². The van der Waals surface area contributed by atoms with Crippen LogP contribution < -0.4 is 0 Å². The summed E-state index contributed by atoms with van der Waals surface area (Å²) in [5.41, 5.74) is 0.146. The molecule has 1 atom stereocenters. The van der Waals surface area contributed by atoms with Crippen LogP contribution in [0.4, 0.5) is 9.18 Å². The molecule has 5 nitrogen and oxygen atoms in total. The lowest BCUT2D eigenvalue weighted by atomic mass is 10.0. The van der Waals surface area contributed by atoms with Gasteiger partial charge in [0.25, 0.3) is 5.91 Å². The number of piperazine rings is 1. The lowest BCUT2D eigenvalue weighted by Crippen LogP contribution is -2.57. The molecule has 0 radical (unpaired) electrons. The molecule has 1 saturated heterocycles. The zero-order valence-electron chi connectivity index (χ0n) is 13.4. The van der Waals surface area contributed by atoms with E-state index in [1.165, 1.54) is 21.0 Å². The SMILES string of the molecule is CC(C)(C)OC(=O)N1CCN(Br)C(=O)C1Cc1ccc(F)cc1. The molecule has 1 aliphatic rings. The third-order valence-corrected chi connectivity index (χ3v) is 4.11. The molecule has 23 heavy (non-hydrogen) atoms. The summed E-state index contributed by atoms with van der Waals surface area (Å²) in [6.45, 7) is 6.10. The Morgan fingerprint density at radius 2 is 1.91 bits per heavy atom. The number of amides is 2. The highest BCUT2D eigenvalue weighted by atomic mass is 79.9. The van der Waals surface area contributed by atoms with Crippen molar-refractivity contribution in [3.63, 3.8) is 0 Å². The quantitative estimate of drug-likeness (QED) is 0.733. The monoisotopic (exact) mass is 386 g/mol. The molecule has 0 N–H and O–H groups in total. The smallest absolute Gasteiger partial charge is 0.411 e. The van der Waals surface area contributed by atoms with Gasteiger partial charge < -0.3 is 4.74 Å². The second-order valence-corrected chi connectivity index (χ2v) is 7.30. The Morgan fingerprint density at radius 3 is 2.48 bits per heavy atom. The summed E-state index contributed by atoms with van der Waals surface area (Å²) in [6.07, 6.45) is -0.209. The van der Waals surface area contributed by atoms with Crippen LogP contribution in [-0.2, 0) is 16.0 Å². The van der Waals surface area contributed by atoms with E-state index in [4.69, 9.17) is 4.74 Å². The zero-order chi connectivity index (χ0) is 17.2. The summed E-state index contributed by atoms with van der Waals surface area (Å²) in [4.78, 5) is 26.3. The van der Waals surface area contributed by atoms with E-state index in [0.29, 0.717) is 19.5 Å². The third kappa shape index (κ3) is 4.67. The number of carbonyl (C=O) groups is 2. The standard InChI is InChI=1S/C16H20BrFN2O3/c1-16(2,3)23-15(22)19-8-9-20(17)14(21)13(19)10-11-4-6-12(18)7-5-11/h4-7,13H,8-10H2,1-3H3. The Balaban J connectivity index is 2.19. The van der Waals surface area contributed by atoms with E-state index in [1.807, 2.05) is 0 Å². The number of hydrogen-bond acceptors (Lipinski definition) is 3. The van der Waals surface area contributed by atoms with E-state index in [-0.39, 0.29) is 11.7 Å². The summed E-state index contributed by atoms with van der Waals surface area (Å²) >= 11 is 3.20. The fourth-order valence-electron chi connectivity index (χ4n) is 2.34. The molecule has 1 heterocycles. The van der Waals surface area contributed by atoms with Gasteiger partial charge in [-0.15, -0.1) is 0 Å². The van der Waals surface area contributed by atoms with Crippen molar-refractivity contribution in [1.82, 2.24) is 8.83 Å². The Bertz CT molecular complexity index is 586. The Morgan fingerprint density at radius 1 is 1.30 bits per heavy atom. The highest BCUT2D eigenvalue weighted by molar-refractivity contribution is 9.07. The lowest BCUT2D eigenvalue weighted by Gasteiger charge is -2.38. The van der Waals surface area contributed by atoms with Gasteiger partial charge in [0.15, 0.2) is 0 Å². The van der Waals surface area contributed by atoms with Crippen LogP contribution in [0.2, 0.25) is 0 Å². The molecule has 2 amide bonds. The fraction of sp³-hybridized carbons (Fsp3) is 0.500. The normalized spacial score (nSPS) is 19.0. The van der Waals surface area contributed by atoms with Crippen molar-refractivity contribution in [1.29, 1.82) is 0 Å². The number of carbonyl (C=O) groups excluding carboxylic acids is 2. The van der Waals surface area contributed by atoms with Gasteiger partial charge in [0, 0.05) is 13.0 Å². The van der Waals surface area contributed by atoms with Gasteiger partial charge in [-0.1, -0.05) is 12.1 Å². The first-order valence-corrected chi connectivity index (χ1v) is 8.09. The maximum absolute atomic E-state index is 13.0. The molecule has 0 aliphatic carbocycles. The van der Waals surface area contributed by atoms with Gasteiger partial charge in [0.2, 0.25) is 0 Å². The van der Waals surface area contributed by atoms with Crippen LogP contribution in [0.3, 0.4) is 0 Å². The van der Waals surface area contributed by atoms with Crippen LogP contribution in [0.25, 0.3) is 0 Å². The van der Waals surface area contributed by atoms with Gasteiger partial charge in [-0.25, -0.2) is 9.18 Å². The number of benzene rings is 1. The molecule has 1 fully saturated rings. The second kappa shape index (κ2) is 6.86. The minimum Gasteiger partial charge on any atom is -0.444 e. The summed E-state index contributed by atoms with van der Waals surface area (Å²) in [5, 5.41) is 0. The predicted octanol–water partition coefficient (Wildman–Crippen LogP) is 3.13. The number of nitrogens with zero attached hydrogens (tertiary/aromatic N) is 2. The molecule has 0 saturated carbocycles. The number of hydrogen-bond donors (Lipinski definition) is 0. The molecule has 1 aromatic rings. The van der Waals surface area contributed by atoms with E-state index in [0.717, 1.165) is 5.56 Å². The molecular formula is C16H20BrFN2O3.